The largest absolute Gasteiger partial charge is 0.497 e. The molecule has 0 aliphatic heterocycles. The smallest absolute Gasteiger partial charge is 0.119 e. The van der Waals surface area contributed by atoms with Gasteiger partial charge in [0.15, 0.2) is 0 Å². The Kier molecular flexibility index (Phi) is 3.32. The molecule has 0 saturated heterocycles. The summed E-state index contributed by atoms with van der Waals surface area (Å²) in [5, 5.41) is 0. The SMILES string of the molecule is COc1ccc2c(c1)CCC/C2=C/c1ccncc1. The molecular formula is C17H17NO. The molecule has 1 aliphatic carbocycles. The van der Waals surface area contributed by atoms with Crippen molar-refractivity contribution in [3.8, 4) is 5.75 Å². The number of aromatic nitrogens is 1. The van der Waals surface area contributed by atoms with E-state index in [1.54, 1.807) is 7.11 Å². The molecule has 1 aromatic heterocycles. The first kappa shape index (κ1) is 12.0. The van der Waals surface area contributed by atoms with Crippen LogP contribution in [-0.2, 0) is 6.42 Å². The predicted octanol–water partition coefficient (Wildman–Crippen LogP) is 3.97. The fourth-order valence-corrected chi connectivity index (χ4v) is 2.63. The average molecular weight is 251 g/mol. The van der Waals surface area contributed by atoms with Crippen LogP contribution in [-0.4, -0.2) is 12.1 Å². The van der Waals surface area contributed by atoms with E-state index in [4.69, 9.17) is 4.74 Å². The number of fused-ring (bicyclic) bond motifs is 1. The van der Waals surface area contributed by atoms with Gasteiger partial charge in [-0.1, -0.05) is 12.1 Å². The standard InChI is InChI=1S/C17H17NO/c1-19-16-5-6-17-14(3-2-4-15(17)12-16)11-13-7-9-18-10-8-13/h5-12H,2-4H2,1H3/b14-11-. The fraction of sp³-hybridized carbons (Fsp3) is 0.235. The topological polar surface area (TPSA) is 22.1 Å². The van der Waals surface area contributed by atoms with Crippen molar-refractivity contribution in [2.45, 2.75) is 19.3 Å². The summed E-state index contributed by atoms with van der Waals surface area (Å²) in [6, 6.07) is 10.5. The lowest BCUT2D eigenvalue weighted by molar-refractivity contribution is 0.414. The fourth-order valence-electron chi connectivity index (χ4n) is 2.63. The molecule has 0 bridgehead atoms. The van der Waals surface area contributed by atoms with Crippen LogP contribution in [0.5, 0.6) is 5.75 Å². The molecule has 1 aliphatic rings. The molecule has 0 radical (unpaired) electrons. The number of nitrogens with zero attached hydrogens (tertiary/aromatic N) is 1. The van der Waals surface area contributed by atoms with Gasteiger partial charge in [0.1, 0.15) is 5.75 Å². The summed E-state index contributed by atoms with van der Waals surface area (Å²) in [6.45, 7) is 0. The molecule has 1 aromatic carbocycles. The van der Waals surface area contributed by atoms with Crippen LogP contribution >= 0.6 is 0 Å². The van der Waals surface area contributed by atoms with Gasteiger partial charge in [0.05, 0.1) is 7.11 Å². The van der Waals surface area contributed by atoms with Crippen LogP contribution in [0.4, 0.5) is 0 Å². The quantitative estimate of drug-likeness (QED) is 0.805. The normalized spacial score (nSPS) is 16.2. The first-order valence-corrected chi connectivity index (χ1v) is 6.65. The minimum Gasteiger partial charge on any atom is -0.497 e. The number of hydrogen-bond acceptors (Lipinski definition) is 2. The maximum absolute atomic E-state index is 5.31. The van der Waals surface area contributed by atoms with Gasteiger partial charge in [-0.3, -0.25) is 4.98 Å². The van der Waals surface area contributed by atoms with E-state index in [2.05, 4.69) is 23.2 Å². The Hall–Kier alpha value is -2.09. The van der Waals surface area contributed by atoms with E-state index < -0.39 is 0 Å². The van der Waals surface area contributed by atoms with Crippen LogP contribution in [0.2, 0.25) is 0 Å². The highest BCUT2D eigenvalue weighted by atomic mass is 16.5. The lowest BCUT2D eigenvalue weighted by Gasteiger charge is -2.20. The Balaban J connectivity index is 2.01. The number of aryl methyl sites for hydroxylation is 1. The average Bonchev–Trinajstić information content (AvgIpc) is 2.48. The Morgan fingerprint density at radius 1 is 1.11 bits per heavy atom. The van der Waals surface area contributed by atoms with Crippen LogP contribution < -0.4 is 4.74 Å². The van der Waals surface area contributed by atoms with Crippen LogP contribution in [0.25, 0.3) is 11.6 Å². The van der Waals surface area contributed by atoms with Gasteiger partial charge < -0.3 is 4.74 Å². The summed E-state index contributed by atoms with van der Waals surface area (Å²) < 4.78 is 5.31. The Labute approximate surface area is 113 Å². The molecule has 0 saturated carbocycles. The van der Waals surface area contributed by atoms with Crippen LogP contribution in [0.15, 0.2) is 42.7 Å². The van der Waals surface area contributed by atoms with Gasteiger partial charge in [-0.25, -0.2) is 0 Å². The monoisotopic (exact) mass is 251 g/mol. The van der Waals surface area contributed by atoms with E-state index in [0.717, 1.165) is 18.6 Å². The van der Waals surface area contributed by atoms with Gasteiger partial charge in [-0.05, 0) is 65.8 Å². The van der Waals surface area contributed by atoms with Gasteiger partial charge >= 0.3 is 0 Å². The van der Waals surface area contributed by atoms with Gasteiger partial charge in [-0.2, -0.15) is 0 Å². The highest BCUT2D eigenvalue weighted by molar-refractivity contribution is 5.83. The molecule has 2 nitrogen and oxygen atoms in total. The van der Waals surface area contributed by atoms with E-state index in [9.17, 15) is 0 Å². The second-order valence-corrected chi connectivity index (χ2v) is 4.83. The number of rotatable bonds is 2. The molecule has 3 rings (SSSR count). The minimum absolute atomic E-state index is 0.948. The molecular weight excluding hydrogens is 234 g/mol. The third kappa shape index (κ3) is 2.53. The van der Waals surface area contributed by atoms with Gasteiger partial charge in [-0.15, -0.1) is 0 Å². The molecule has 0 unspecified atom stereocenters. The lowest BCUT2D eigenvalue weighted by Crippen LogP contribution is -2.02. The summed E-state index contributed by atoms with van der Waals surface area (Å²) in [7, 11) is 1.72. The minimum atomic E-state index is 0.948. The maximum Gasteiger partial charge on any atom is 0.119 e. The molecule has 2 heteroatoms. The molecule has 0 amide bonds. The Bertz CT molecular complexity index is 602. The molecule has 19 heavy (non-hydrogen) atoms. The number of ether oxygens (including phenoxy) is 1. The Morgan fingerprint density at radius 3 is 2.74 bits per heavy atom. The molecule has 96 valence electrons. The highest BCUT2D eigenvalue weighted by Crippen LogP contribution is 2.34. The van der Waals surface area contributed by atoms with Crippen molar-refractivity contribution in [3.05, 3.63) is 59.4 Å². The first-order valence-electron chi connectivity index (χ1n) is 6.65. The van der Waals surface area contributed by atoms with Crippen LogP contribution in [0.1, 0.15) is 29.5 Å². The lowest BCUT2D eigenvalue weighted by atomic mass is 9.86. The van der Waals surface area contributed by atoms with Crippen molar-refractivity contribution < 1.29 is 4.74 Å². The van der Waals surface area contributed by atoms with E-state index in [1.807, 2.05) is 30.6 Å². The van der Waals surface area contributed by atoms with Crippen molar-refractivity contribution in [1.29, 1.82) is 0 Å². The molecule has 0 atom stereocenters. The zero-order valence-corrected chi connectivity index (χ0v) is 11.1. The summed E-state index contributed by atoms with van der Waals surface area (Å²) in [5.41, 5.74) is 5.39. The van der Waals surface area contributed by atoms with Crippen LogP contribution in [0, 0.1) is 0 Å². The molecule has 0 spiro atoms. The maximum atomic E-state index is 5.31. The van der Waals surface area contributed by atoms with E-state index in [0.29, 0.717) is 0 Å². The zero-order chi connectivity index (χ0) is 13.1. The second kappa shape index (κ2) is 5.27. The molecule has 0 N–H and O–H groups in total. The van der Waals surface area contributed by atoms with Crippen molar-refractivity contribution in [2.24, 2.45) is 0 Å². The van der Waals surface area contributed by atoms with Crippen molar-refractivity contribution in [3.63, 3.8) is 0 Å². The number of methoxy groups -OCH3 is 1. The number of pyridine rings is 1. The van der Waals surface area contributed by atoms with Crippen LogP contribution in [0.3, 0.4) is 0 Å². The number of benzene rings is 1. The molecule has 2 aromatic rings. The molecule has 1 heterocycles. The third-order valence-electron chi connectivity index (χ3n) is 3.60. The first-order chi connectivity index (χ1) is 9.36. The zero-order valence-electron chi connectivity index (χ0n) is 11.1. The van der Waals surface area contributed by atoms with Crippen molar-refractivity contribution in [1.82, 2.24) is 4.98 Å². The summed E-state index contributed by atoms with van der Waals surface area (Å²) >= 11 is 0. The van der Waals surface area contributed by atoms with E-state index in [-0.39, 0.29) is 0 Å². The van der Waals surface area contributed by atoms with Gasteiger partial charge in [0.2, 0.25) is 0 Å². The summed E-state index contributed by atoms with van der Waals surface area (Å²) in [5.74, 6) is 0.948. The van der Waals surface area contributed by atoms with Gasteiger partial charge in [0.25, 0.3) is 0 Å². The summed E-state index contributed by atoms with van der Waals surface area (Å²) in [6.07, 6.45) is 9.43. The van der Waals surface area contributed by atoms with Crippen molar-refractivity contribution in [2.75, 3.05) is 7.11 Å². The van der Waals surface area contributed by atoms with Gasteiger partial charge in [0, 0.05) is 12.4 Å². The third-order valence-corrected chi connectivity index (χ3v) is 3.60. The predicted molar refractivity (Wildman–Crippen MR) is 78.0 cm³/mol. The van der Waals surface area contributed by atoms with E-state index >= 15 is 0 Å². The van der Waals surface area contributed by atoms with E-state index in [1.165, 1.54) is 28.7 Å². The second-order valence-electron chi connectivity index (χ2n) is 4.83. The number of hydrogen-bond donors (Lipinski definition) is 0. The Morgan fingerprint density at radius 2 is 1.95 bits per heavy atom. The number of allylic oxidation sites excluding steroid dienone is 1. The summed E-state index contributed by atoms with van der Waals surface area (Å²) in [4.78, 5) is 4.06. The highest BCUT2D eigenvalue weighted by Gasteiger charge is 2.14. The molecule has 0 fully saturated rings. The van der Waals surface area contributed by atoms with Crippen molar-refractivity contribution >= 4 is 11.6 Å².